The van der Waals surface area contributed by atoms with E-state index in [1.165, 1.54) is 6.07 Å². The molecule has 1 nitrogen and oxygen atoms in total. The van der Waals surface area contributed by atoms with Crippen molar-refractivity contribution >= 4 is 11.8 Å². The van der Waals surface area contributed by atoms with Gasteiger partial charge in [-0.25, -0.2) is 8.78 Å². The van der Waals surface area contributed by atoms with Crippen LogP contribution in [0.2, 0.25) is 0 Å². The molecule has 0 aliphatic heterocycles. The van der Waals surface area contributed by atoms with Gasteiger partial charge in [0.1, 0.15) is 0 Å². The standard InChI is InChI=1S/C11H15F2NS/c1-8(7-15-2)14-6-9-4-3-5-10(12)11(9)13/h3-5,8,14H,6-7H2,1-2H3. The van der Waals surface area contributed by atoms with Crippen LogP contribution in [-0.2, 0) is 6.54 Å². The maximum atomic E-state index is 13.2. The molecule has 1 aromatic rings. The van der Waals surface area contributed by atoms with Crippen LogP contribution in [0.25, 0.3) is 0 Å². The van der Waals surface area contributed by atoms with Crippen molar-refractivity contribution in [3.8, 4) is 0 Å². The number of thioether (sulfide) groups is 1. The lowest BCUT2D eigenvalue weighted by atomic mass is 10.2. The number of benzene rings is 1. The van der Waals surface area contributed by atoms with Crippen LogP contribution >= 0.6 is 11.8 Å². The van der Waals surface area contributed by atoms with Crippen molar-refractivity contribution in [2.75, 3.05) is 12.0 Å². The topological polar surface area (TPSA) is 12.0 Å². The van der Waals surface area contributed by atoms with Crippen LogP contribution < -0.4 is 5.32 Å². The molecule has 0 aliphatic carbocycles. The van der Waals surface area contributed by atoms with E-state index >= 15 is 0 Å². The molecule has 1 aromatic carbocycles. The van der Waals surface area contributed by atoms with Gasteiger partial charge >= 0.3 is 0 Å². The average molecular weight is 231 g/mol. The third-order valence-corrected chi connectivity index (χ3v) is 2.92. The predicted octanol–water partition coefficient (Wildman–Crippen LogP) is 2.81. The molecule has 4 heteroatoms. The monoisotopic (exact) mass is 231 g/mol. The number of hydrogen-bond donors (Lipinski definition) is 1. The summed E-state index contributed by atoms with van der Waals surface area (Å²) in [7, 11) is 0. The molecule has 0 aromatic heterocycles. The van der Waals surface area contributed by atoms with Gasteiger partial charge in [0.15, 0.2) is 11.6 Å². The Morgan fingerprint density at radius 2 is 2.13 bits per heavy atom. The van der Waals surface area contributed by atoms with Crippen molar-refractivity contribution in [3.63, 3.8) is 0 Å². The van der Waals surface area contributed by atoms with Crippen LogP contribution in [0.4, 0.5) is 8.78 Å². The summed E-state index contributed by atoms with van der Waals surface area (Å²) in [5.41, 5.74) is 0.378. The number of hydrogen-bond acceptors (Lipinski definition) is 2. The Morgan fingerprint density at radius 1 is 1.40 bits per heavy atom. The van der Waals surface area contributed by atoms with E-state index in [-0.39, 0.29) is 0 Å². The fourth-order valence-corrected chi connectivity index (χ4v) is 1.90. The molecule has 0 spiro atoms. The van der Waals surface area contributed by atoms with Gasteiger partial charge in [0, 0.05) is 23.9 Å². The first kappa shape index (κ1) is 12.5. The molecule has 0 fully saturated rings. The Hall–Kier alpha value is -0.610. The summed E-state index contributed by atoms with van der Waals surface area (Å²) in [4.78, 5) is 0. The van der Waals surface area contributed by atoms with E-state index in [1.54, 1.807) is 17.8 Å². The first-order valence-corrected chi connectivity index (χ1v) is 6.19. The van der Waals surface area contributed by atoms with Gasteiger partial charge in [0.25, 0.3) is 0 Å². The second kappa shape index (κ2) is 6.08. The Kier molecular flexibility index (Phi) is 5.05. The SMILES string of the molecule is CSCC(C)NCc1cccc(F)c1F. The van der Waals surface area contributed by atoms with Crippen molar-refractivity contribution in [2.45, 2.75) is 19.5 Å². The Labute approximate surface area is 93.3 Å². The highest BCUT2D eigenvalue weighted by molar-refractivity contribution is 7.98. The molecule has 84 valence electrons. The Bertz CT molecular complexity index is 317. The highest BCUT2D eigenvalue weighted by Gasteiger charge is 2.08. The summed E-state index contributed by atoms with van der Waals surface area (Å²) in [5, 5.41) is 3.14. The molecule has 1 rings (SSSR count). The minimum absolute atomic E-state index is 0.294. The summed E-state index contributed by atoms with van der Waals surface area (Å²) >= 11 is 1.72. The maximum Gasteiger partial charge on any atom is 0.163 e. The number of halogens is 2. The quantitative estimate of drug-likeness (QED) is 0.836. The van der Waals surface area contributed by atoms with Crippen molar-refractivity contribution in [3.05, 3.63) is 35.4 Å². The van der Waals surface area contributed by atoms with Crippen LogP contribution in [0, 0.1) is 11.6 Å². The fourth-order valence-electron chi connectivity index (χ4n) is 1.28. The van der Waals surface area contributed by atoms with Gasteiger partial charge in [-0.15, -0.1) is 0 Å². The second-order valence-corrected chi connectivity index (χ2v) is 4.36. The predicted molar refractivity (Wildman–Crippen MR) is 61.0 cm³/mol. The van der Waals surface area contributed by atoms with E-state index in [2.05, 4.69) is 5.32 Å². The van der Waals surface area contributed by atoms with Gasteiger partial charge < -0.3 is 5.32 Å². The summed E-state index contributed by atoms with van der Waals surface area (Å²) in [6, 6.07) is 4.54. The zero-order valence-electron chi connectivity index (χ0n) is 8.89. The van der Waals surface area contributed by atoms with Crippen LogP contribution in [-0.4, -0.2) is 18.1 Å². The van der Waals surface area contributed by atoms with Crippen LogP contribution in [0.3, 0.4) is 0 Å². The maximum absolute atomic E-state index is 13.2. The molecule has 0 amide bonds. The molecule has 0 bridgehead atoms. The van der Waals surface area contributed by atoms with E-state index in [4.69, 9.17) is 0 Å². The van der Waals surface area contributed by atoms with E-state index in [0.717, 1.165) is 11.8 Å². The van der Waals surface area contributed by atoms with E-state index in [9.17, 15) is 8.78 Å². The largest absolute Gasteiger partial charge is 0.309 e. The smallest absolute Gasteiger partial charge is 0.163 e. The van der Waals surface area contributed by atoms with Crippen LogP contribution in [0.5, 0.6) is 0 Å². The molecular weight excluding hydrogens is 216 g/mol. The van der Waals surface area contributed by atoms with Crippen molar-refractivity contribution in [1.29, 1.82) is 0 Å². The third kappa shape index (κ3) is 3.80. The Morgan fingerprint density at radius 3 is 2.80 bits per heavy atom. The molecular formula is C11H15F2NS. The molecule has 1 atom stereocenters. The molecule has 0 saturated carbocycles. The first-order valence-electron chi connectivity index (χ1n) is 4.80. The molecule has 0 saturated heterocycles. The van der Waals surface area contributed by atoms with Gasteiger partial charge in [-0.3, -0.25) is 0 Å². The second-order valence-electron chi connectivity index (χ2n) is 3.45. The van der Waals surface area contributed by atoms with Gasteiger partial charge in [-0.2, -0.15) is 11.8 Å². The molecule has 15 heavy (non-hydrogen) atoms. The van der Waals surface area contributed by atoms with E-state index in [1.807, 2.05) is 13.2 Å². The van der Waals surface area contributed by atoms with E-state index < -0.39 is 11.6 Å². The number of nitrogens with one attached hydrogen (secondary N) is 1. The highest BCUT2D eigenvalue weighted by Crippen LogP contribution is 2.11. The molecule has 1 unspecified atom stereocenters. The minimum atomic E-state index is -0.785. The summed E-state index contributed by atoms with van der Waals surface area (Å²) in [6.07, 6.45) is 2.01. The summed E-state index contributed by atoms with van der Waals surface area (Å²) < 4.78 is 26.1. The third-order valence-electron chi connectivity index (χ3n) is 2.09. The zero-order valence-corrected chi connectivity index (χ0v) is 9.70. The van der Waals surface area contributed by atoms with Crippen molar-refractivity contribution < 1.29 is 8.78 Å². The summed E-state index contributed by atoms with van der Waals surface area (Å²) in [5.74, 6) is -0.579. The van der Waals surface area contributed by atoms with Gasteiger partial charge in [-0.05, 0) is 19.2 Å². The van der Waals surface area contributed by atoms with Crippen molar-refractivity contribution in [1.82, 2.24) is 5.32 Å². The highest BCUT2D eigenvalue weighted by atomic mass is 32.2. The summed E-state index contributed by atoms with van der Waals surface area (Å²) in [6.45, 7) is 2.39. The normalized spacial score (nSPS) is 12.8. The lowest BCUT2D eigenvalue weighted by molar-refractivity contribution is 0.487. The van der Waals surface area contributed by atoms with Gasteiger partial charge in [-0.1, -0.05) is 12.1 Å². The number of rotatable bonds is 5. The minimum Gasteiger partial charge on any atom is -0.309 e. The van der Waals surface area contributed by atoms with Gasteiger partial charge in [0.05, 0.1) is 0 Å². The van der Waals surface area contributed by atoms with E-state index in [0.29, 0.717) is 18.2 Å². The molecule has 0 radical (unpaired) electrons. The zero-order chi connectivity index (χ0) is 11.3. The van der Waals surface area contributed by atoms with Crippen LogP contribution in [0.1, 0.15) is 12.5 Å². The first-order chi connectivity index (χ1) is 7.15. The van der Waals surface area contributed by atoms with Crippen LogP contribution in [0.15, 0.2) is 18.2 Å². The molecule has 0 aliphatic rings. The van der Waals surface area contributed by atoms with Gasteiger partial charge in [0.2, 0.25) is 0 Å². The van der Waals surface area contributed by atoms with Crippen molar-refractivity contribution in [2.24, 2.45) is 0 Å². The Balaban J connectivity index is 2.54. The lowest BCUT2D eigenvalue weighted by Crippen LogP contribution is -2.28. The average Bonchev–Trinajstić information content (AvgIpc) is 2.21. The fraction of sp³-hybridized carbons (Fsp3) is 0.455. The molecule has 1 N–H and O–H groups in total. The molecule has 0 heterocycles. The lowest BCUT2D eigenvalue weighted by Gasteiger charge is -2.12.